The van der Waals surface area contributed by atoms with Gasteiger partial charge >= 0.3 is 6.03 Å². The summed E-state index contributed by atoms with van der Waals surface area (Å²) in [5, 5.41) is 3.09. The average Bonchev–Trinajstić information content (AvgIpc) is 3.38. The van der Waals surface area contributed by atoms with E-state index in [0.29, 0.717) is 13.2 Å². The molecule has 0 unspecified atom stereocenters. The summed E-state index contributed by atoms with van der Waals surface area (Å²) in [5.41, 5.74) is 3.09. The highest BCUT2D eigenvalue weighted by atomic mass is 16.7. The number of benzene rings is 3. The largest absolute Gasteiger partial charge is 0.494 e. The van der Waals surface area contributed by atoms with Gasteiger partial charge in [0.05, 0.1) is 6.61 Å². The molecule has 2 aliphatic rings. The molecule has 0 spiro atoms. The maximum Gasteiger partial charge on any atom is 0.322 e. The number of likely N-dealkylation sites (tertiary alicyclic amines) is 1. The maximum atomic E-state index is 13.5. The maximum absolute atomic E-state index is 13.5. The predicted molar refractivity (Wildman–Crippen MR) is 139 cm³/mol. The lowest BCUT2D eigenvalue weighted by molar-refractivity contribution is 0.119. The van der Waals surface area contributed by atoms with E-state index in [0.717, 1.165) is 61.0 Å². The van der Waals surface area contributed by atoms with E-state index in [2.05, 4.69) is 34.5 Å². The summed E-state index contributed by atoms with van der Waals surface area (Å²) in [6.45, 7) is 6.14. The first-order chi connectivity index (χ1) is 17.7. The van der Waals surface area contributed by atoms with E-state index < -0.39 is 0 Å². The van der Waals surface area contributed by atoms with E-state index in [4.69, 9.17) is 14.2 Å². The summed E-state index contributed by atoms with van der Waals surface area (Å²) in [7, 11) is 0. The Hall–Kier alpha value is -3.71. The summed E-state index contributed by atoms with van der Waals surface area (Å²) in [6, 6.07) is 24.0. The molecule has 2 aliphatic heterocycles. The Labute approximate surface area is 212 Å². The van der Waals surface area contributed by atoms with Crippen LogP contribution in [0.2, 0.25) is 0 Å². The highest BCUT2D eigenvalue weighted by molar-refractivity contribution is 5.89. The van der Waals surface area contributed by atoms with Gasteiger partial charge in [-0.05, 0) is 67.3 Å². The highest BCUT2D eigenvalue weighted by Crippen LogP contribution is 2.33. The number of ether oxygens (including phenoxy) is 3. The molecule has 7 nitrogen and oxygen atoms in total. The molecule has 2 amide bonds. The van der Waals surface area contributed by atoms with Crippen LogP contribution < -0.4 is 19.5 Å². The van der Waals surface area contributed by atoms with E-state index in [1.165, 1.54) is 5.56 Å². The van der Waals surface area contributed by atoms with Gasteiger partial charge in [-0.25, -0.2) is 4.79 Å². The van der Waals surface area contributed by atoms with Crippen molar-refractivity contribution in [1.82, 2.24) is 9.80 Å². The molecule has 1 saturated heterocycles. The molecule has 1 N–H and O–H groups in total. The zero-order chi connectivity index (χ0) is 24.7. The molecule has 188 valence electrons. The van der Waals surface area contributed by atoms with E-state index in [9.17, 15) is 4.79 Å². The number of urea groups is 1. The quantitative estimate of drug-likeness (QED) is 0.454. The normalized spacial score (nSPS) is 15.5. The number of hydrogen-bond donors (Lipinski definition) is 1. The van der Waals surface area contributed by atoms with Crippen LogP contribution in [0.5, 0.6) is 17.2 Å². The second-order valence-corrected chi connectivity index (χ2v) is 9.20. The smallest absolute Gasteiger partial charge is 0.322 e. The van der Waals surface area contributed by atoms with E-state index in [1.54, 1.807) is 0 Å². The van der Waals surface area contributed by atoms with Gasteiger partial charge in [-0.15, -0.1) is 0 Å². The number of nitrogens with one attached hydrogen (secondary N) is 1. The molecule has 3 aromatic carbocycles. The molecule has 2 heterocycles. The van der Waals surface area contributed by atoms with Gasteiger partial charge in [0.25, 0.3) is 0 Å². The van der Waals surface area contributed by atoms with Crippen LogP contribution in [0.3, 0.4) is 0 Å². The number of hydrogen-bond acceptors (Lipinski definition) is 5. The summed E-state index contributed by atoms with van der Waals surface area (Å²) < 4.78 is 16.5. The topological polar surface area (TPSA) is 63.3 Å². The van der Waals surface area contributed by atoms with E-state index in [1.807, 2.05) is 60.4 Å². The van der Waals surface area contributed by atoms with Crippen LogP contribution in [0.1, 0.15) is 30.9 Å². The molecule has 0 aliphatic carbocycles. The monoisotopic (exact) mass is 487 g/mol. The van der Waals surface area contributed by atoms with Gasteiger partial charge in [0.1, 0.15) is 5.75 Å². The minimum absolute atomic E-state index is 0.0988. The lowest BCUT2D eigenvalue weighted by atomic mass is 10.0. The van der Waals surface area contributed by atoms with Gasteiger partial charge in [-0.2, -0.15) is 0 Å². The summed E-state index contributed by atoms with van der Waals surface area (Å²) in [6.07, 6.45) is 1.85. The lowest BCUT2D eigenvalue weighted by Crippen LogP contribution is -2.48. The number of anilines is 1. The fraction of sp³-hybridized carbons (Fsp3) is 0.345. The Morgan fingerprint density at radius 2 is 1.72 bits per heavy atom. The van der Waals surface area contributed by atoms with Gasteiger partial charge in [-0.3, -0.25) is 4.90 Å². The fourth-order valence-corrected chi connectivity index (χ4v) is 4.83. The molecule has 0 radical (unpaired) electrons. The number of carbonyl (C=O) groups excluding carboxylic acids is 1. The number of rotatable bonds is 8. The third-order valence-electron chi connectivity index (χ3n) is 6.71. The van der Waals surface area contributed by atoms with E-state index >= 15 is 0 Å². The number of piperidine rings is 1. The molecule has 1 fully saturated rings. The van der Waals surface area contributed by atoms with Crippen LogP contribution in [-0.2, 0) is 13.1 Å². The van der Waals surface area contributed by atoms with Crippen LogP contribution >= 0.6 is 0 Å². The molecule has 0 aromatic heterocycles. The Morgan fingerprint density at radius 1 is 0.972 bits per heavy atom. The molecule has 0 bridgehead atoms. The first-order valence-electron chi connectivity index (χ1n) is 12.6. The molecule has 5 rings (SSSR count). The Balaban J connectivity index is 1.28. The molecular weight excluding hydrogens is 454 g/mol. The van der Waals surface area contributed by atoms with Crippen molar-refractivity contribution in [3.63, 3.8) is 0 Å². The van der Waals surface area contributed by atoms with E-state index in [-0.39, 0.29) is 18.9 Å². The molecule has 0 atom stereocenters. The van der Waals surface area contributed by atoms with Gasteiger partial charge in [0, 0.05) is 37.9 Å². The summed E-state index contributed by atoms with van der Waals surface area (Å²) in [5.74, 6) is 2.27. The summed E-state index contributed by atoms with van der Waals surface area (Å²) >= 11 is 0. The van der Waals surface area contributed by atoms with Gasteiger partial charge in [0.15, 0.2) is 11.5 Å². The van der Waals surface area contributed by atoms with Crippen LogP contribution in [0, 0.1) is 0 Å². The molecule has 0 saturated carbocycles. The van der Waals surface area contributed by atoms with Crippen molar-refractivity contribution >= 4 is 11.7 Å². The van der Waals surface area contributed by atoms with Crippen LogP contribution in [-0.4, -0.2) is 48.4 Å². The van der Waals surface area contributed by atoms with Crippen molar-refractivity contribution in [3.8, 4) is 17.2 Å². The Morgan fingerprint density at radius 3 is 2.47 bits per heavy atom. The van der Waals surface area contributed by atoms with Gasteiger partial charge in [0.2, 0.25) is 6.79 Å². The van der Waals surface area contributed by atoms with Crippen molar-refractivity contribution in [2.45, 2.75) is 38.9 Å². The second kappa shape index (κ2) is 11.4. The van der Waals surface area contributed by atoms with Crippen molar-refractivity contribution in [2.75, 3.05) is 31.8 Å². The zero-order valence-electron chi connectivity index (χ0n) is 20.7. The Bertz CT molecular complexity index is 1140. The minimum atomic E-state index is -0.0988. The molecule has 36 heavy (non-hydrogen) atoms. The summed E-state index contributed by atoms with van der Waals surface area (Å²) in [4.78, 5) is 18.0. The van der Waals surface area contributed by atoms with Crippen LogP contribution in [0.15, 0.2) is 72.8 Å². The third kappa shape index (κ3) is 5.91. The fourth-order valence-electron chi connectivity index (χ4n) is 4.83. The number of nitrogens with zero attached hydrogens (tertiary/aromatic N) is 2. The van der Waals surface area contributed by atoms with Crippen molar-refractivity contribution in [1.29, 1.82) is 0 Å². The first kappa shape index (κ1) is 24.0. The predicted octanol–water partition coefficient (Wildman–Crippen LogP) is 5.51. The zero-order valence-corrected chi connectivity index (χ0v) is 20.7. The van der Waals surface area contributed by atoms with Gasteiger partial charge < -0.3 is 24.4 Å². The van der Waals surface area contributed by atoms with Crippen molar-refractivity contribution in [2.24, 2.45) is 0 Å². The SMILES string of the molecule is CCOc1ccc(NC(=O)N(Cc2ccc3c(c2)OCO3)C2CCN(Cc3ccccc3)CC2)cc1. The number of fused-ring (bicyclic) bond motifs is 1. The highest BCUT2D eigenvalue weighted by Gasteiger charge is 2.29. The second-order valence-electron chi connectivity index (χ2n) is 9.20. The average molecular weight is 488 g/mol. The van der Waals surface area contributed by atoms with Gasteiger partial charge in [-0.1, -0.05) is 36.4 Å². The van der Waals surface area contributed by atoms with Crippen molar-refractivity contribution < 1.29 is 19.0 Å². The minimum Gasteiger partial charge on any atom is -0.494 e. The van der Waals surface area contributed by atoms with Crippen LogP contribution in [0.4, 0.5) is 10.5 Å². The number of carbonyl (C=O) groups is 1. The number of amides is 2. The molecule has 7 heteroatoms. The Kier molecular flexibility index (Phi) is 7.57. The van der Waals surface area contributed by atoms with Crippen molar-refractivity contribution in [3.05, 3.63) is 83.9 Å². The molecular formula is C29H33N3O4. The lowest BCUT2D eigenvalue weighted by Gasteiger charge is -2.38. The van der Waals surface area contributed by atoms with Crippen LogP contribution in [0.25, 0.3) is 0 Å². The first-order valence-corrected chi connectivity index (χ1v) is 12.6. The third-order valence-corrected chi connectivity index (χ3v) is 6.71. The molecule has 3 aromatic rings. The standard InChI is InChI=1S/C29H33N3O4/c1-2-34-26-11-9-24(10-12-26)30-29(33)32(20-23-8-13-27-28(18-23)36-21-35-27)25-14-16-31(17-15-25)19-22-6-4-3-5-7-22/h3-13,18,25H,2,14-17,19-21H2,1H3,(H,30,33).